The van der Waals surface area contributed by atoms with Crippen LogP contribution in [-0.2, 0) is 10.0 Å². The summed E-state index contributed by atoms with van der Waals surface area (Å²) in [4.78, 5) is 0.288. The molecule has 1 aliphatic heterocycles. The minimum absolute atomic E-state index is 0.148. The number of nitrogens with zero attached hydrogens (tertiary/aromatic N) is 1. The van der Waals surface area contributed by atoms with Crippen LogP contribution >= 0.6 is 0 Å². The van der Waals surface area contributed by atoms with E-state index in [1.807, 2.05) is 33.0 Å². The van der Waals surface area contributed by atoms with Crippen molar-refractivity contribution in [2.24, 2.45) is 5.92 Å². The molecule has 118 valence electrons. The maximum Gasteiger partial charge on any atom is 0.243 e. The van der Waals surface area contributed by atoms with E-state index in [1.165, 1.54) is 4.31 Å². The molecule has 21 heavy (non-hydrogen) atoms. The van der Waals surface area contributed by atoms with Crippen LogP contribution in [0.4, 0.5) is 0 Å². The van der Waals surface area contributed by atoms with Crippen molar-refractivity contribution in [1.82, 2.24) is 9.62 Å². The fourth-order valence-electron chi connectivity index (χ4n) is 2.48. The van der Waals surface area contributed by atoms with E-state index < -0.39 is 16.1 Å². The Labute approximate surface area is 127 Å². The molecule has 1 heterocycles. The largest absolute Gasteiger partial charge is 0.391 e. The lowest BCUT2D eigenvalue weighted by Crippen LogP contribution is -2.45. The minimum atomic E-state index is -3.51. The summed E-state index contributed by atoms with van der Waals surface area (Å²) in [5.41, 5.74) is 1.05. The number of piperidine rings is 1. The van der Waals surface area contributed by atoms with Gasteiger partial charge in [-0.1, -0.05) is 19.1 Å². The Morgan fingerprint density at radius 2 is 1.95 bits per heavy atom. The van der Waals surface area contributed by atoms with Crippen molar-refractivity contribution in [3.8, 4) is 0 Å². The fraction of sp³-hybridized carbons (Fsp3) is 0.600. The number of aliphatic hydroxyl groups excluding tert-OH is 1. The summed E-state index contributed by atoms with van der Waals surface area (Å²) in [7, 11) is -1.65. The number of hydrogen-bond donors (Lipinski definition) is 2. The van der Waals surface area contributed by atoms with E-state index in [-0.39, 0.29) is 23.4 Å². The molecule has 0 aliphatic carbocycles. The van der Waals surface area contributed by atoms with Crippen LogP contribution in [0.25, 0.3) is 0 Å². The lowest BCUT2D eigenvalue weighted by molar-refractivity contribution is 0.0605. The van der Waals surface area contributed by atoms with Crippen LogP contribution in [0.5, 0.6) is 0 Å². The molecule has 2 rings (SSSR count). The zero-order valence-corrected chi connectivity index (χ0v) is 13.6. The van der Waals surface area contributed by atoms with Crippen LogP contribution in [-0.4, -0.2) is 44.1 Å². The standard InChI is InChI=1S/C15H24N2O3S/c1-11-8-9-17(10-15(11)18)21(19,20)14-6-4-13(5-7-14)12(2)16-3/h4-7,11-12,15-16,18H,8-10H2,1-3H3. The third-order valence-corrected chi connectivity index (χ3v) is 6.21. The lowest BCUT2D eigenvalue weighted by atomic mass is 9.98. The maximum atomic E-state index is 12.6. The highest BCUT2D eigenvalue weighted by Crippen LogP contribution is 2.24. The molecule has 0 bridgehead atoms. The minimum Gasteiger partial charge on any atom is -0.391 e. The van der Waals surface area contributed by atoms with Gasteiger partial charge >= 0.3 is 0 Å². The summed E-state index contributed by atoms with van der Waals surface area (Å²) >= 11 is 0. The van der Waals surface area contributed by atoms with Gasteiger partial charge in [-0.25, -0.2) is 8.42 Å². The van der Waals surface area contributed by atoms with Crippen molar-refractivity contribution < 1.29 is 13.5 Å². The average Bonchev–Trinajstić information content (AvgIpc) is 2.49. The van der Waals surface area contributed by atoms with Gasteiger partial charge in [0, 0.05) is 19.1 Å². The fourth-order valence-corrected chi connectivity index (χ4v) is 3.96. The first-order valence-electron chi connectivity index (χ1n) is 7.31. The summed E-state index contributed by atoms with van der Waals surface area (Å²) in [6.45, 7) is 4.61. The SMILES string of the molecule is CNC(C)c1ccc(S(=O)(=O)N2CCC(C)C(O)C2)cc1. The summed E-state index contributed by atoms with van der Waals surface area (Å²) in [5, 5.41) is 13.0. The van der Waals surface area contributed by atoms with Crippen LogP contribution < -0.4 is 5.32 Å². The molecule has 5 nitrogen and oxygen atoms in total. The highest BCUT2D eigenvalue weighted by atomic mass is 32.2. The predicted octanol–water partition coefficient (Wildman–Crippen LogP) is 1.36. The third kappa shape index (κ3) is 3.45. The van der Waals surface area contributed by atoms with Crippen molar-refractivity contribution in [3.05, 3.63) is 29.8 Å². The highest BCUT2D eigenvalue weighted by molar-refractivity contribution is 7.89. The van der Waals surface area contributed by atoms with Gasteiger partial charge in [-0.3, -0.25) is 0 Å². The summed E-state index contributed by atoms with van der Waals surface area (Å²) < 4.78 is 26.6. The molecule has 0 saturated carbocycles. The van der Waals surface area contributed by atoms with Crippen molar-refractivity contribution in [1.29, 1.82) is 0 Å². The molecule has 1 fully saturated rings. The molecule has 0 amide bonds. The lowest BCUT2D eigenvalue weighted by Gasteiger charge is -2.33. The quantitative estimate of drug-likeness (QED) is 0.881. The monoisotopic (exact) mass is 312 g/mol. The molecule has 3 atom stereocenters. The Hall–Kier alpha value is -0.950. The van der Waals surface area contributed by atoms with Gasteiger partial charge in [0.15, 0.2) is 0 Å². The number of rotatable bonds is 4. The zero-order valence-electron chi connectivity index (χ0n) is 12.8. The van der Waals surface area contributed by atoms with Gasteiger partial charge in [0.2, 0.25) is 10.0 Å². The molecule has 6 heteroatoms. The zero-order chi connectivity index (χ0) is 15.6. The van der Waals surface area contributed by atoms with Gasteiger partial charge in [0.25, 0.3) is 0 Å². The number of hydrogen-bond acceptors (Lipinski definition) is 4. The molecular formula is C15H24N2O3S. The van der Waals surface area contributed by atoms with E-state index in [0.29, 0.717) is 13.0 Å². The van der Waals surface area contributed by atoms with Gasteiger partial charge in [0.1, 0.15) is 0 Å². The first-order valence-corrected chi connectivity index (χ1v) is 8.75. The first kappa shape index (κ1) is 16.4. The number of β-amino-alcohol motifs (C(OH)–C–C–N with tert-alkyl or cyclic N) is 1. The average molecular weight is 312 g/mol. The highest BCUT2D eigenvalue weighted by Gasteiger charge is 2.32. The van der Waals surface area contributed by atoms with E-state index in [4.69, 9.17) is 0 Å². The number of aliphatic hydroxyl groups is 1. The summed E-state index contributed by atoms with van der Waals surface area (Å²) in [6.07, 6.45) is 0.104. The van der Waals surface area contributed by atoms with Gasteiger partial charge < -0.3 is 10.4 Å². The van der Waals surface area contributed by atoms with Crippen LogP contribution in [0.3, 0.4) is 0 Å². The predicted molar refractivity (Wildman–Crippen MR) is 82.5 cm³/mol. The molecule has 1 saturated heterocycles. The van der Waals surface area contributed by atoms with Gasteiger partial charge in [0.05, 0.1) is 11.0 Å². The van der Waals surface area contributed by atoms with Crippen LogP contribution in [0, 0.1) is 5.92 Å². The molecule has 2 N–H and O–H groups in total. The van der Waals surface area contributed by atoms with E-state index in [9.17, 15) is 13.5 Å². The van der Waals surface area contributed by atoms with E-state index >= 15 is 0 Å². The topological polar surface area (TPSA) is 69.6 Å². The van der Waals surface area contributed by atoms with Crippen molar-refractivity contribution in [2.75, 3.05) is 20.1 Å². The van der Waals surface area contributed by atoms with E-state index in [1.54, 1.807) is 12.1 Å². The normalized spacial score (nSPS) is 25.7. The summed E-state index contributed by atoms with van der Waals surface area (Å²) in [5.74, 6) is 0.148. The molecular weight excluding hydrogens is 288 g/mol. The number of nitrogens with one attached hydrogen (secondary N) is 1. The van der Waals surface area contributed by atoms with Crippen LogP contribution in [0.2, 0.25) is 0 Å². The number of benzene rings is 1. The molecule has 0 spiro atoms. The van der Waals surface area contributed by atoms with Crippen molar-refractivity contribution in [2.45, 2.75) is 37.3 Å². The van der Waals surface area contributed by atoms with Gasteiger partial charge in [-0.05, 0) is 44.0 Å². The second-order valence-electron chi connectivity index (χ2n) is 5.78. The van der Waals surface area contributed by atoms with Crippen molar-refractivity contribution >= 4 is 10.0 Å². The van der Waals surface area contributed by atoms with Gasteiger partial charge in [-0.2, -0.15) is 4.31 Å². The van der Waals surface area contributed by atoms with Crippen LogP contribution in [0.15, 0.2) is 29.2 Å². The molecule has 3 unspecified atom stereocenters. The Morgan fingerprint density at radius 3 is 2.48 bits per heavy atom. The Balaban J connectivity index is 2.20. The molecule has 1 aromatic carbocycles. The second-order valence-corrected chi connectivity index (χ2v) is 7.71. The van der Waals surface area contributed by atoms with Gasteiger partial charge in [-0.15, -0.1) is 0 Å². The Bertz CT molecular complexity index is 571. The second kappa shape index (κ2) is 6.44. The Kier molecular flexibility index (Phi) is 5.03. The molecule has 0 radical (unpaired) electrons. The molecule has 1 aromatic rings. The maximum absolute atomic E-state index is 12.6. The third-order valence-electron chi connectivity index (χ3n) is 4.33. The van der Waals surface area contributed by atoms with Crippen LogP contribution in [0.1, 0.15) is 31.9 Å². The van der Waals surface area contributed by atoms with E-state index in [2.05, 4.69) is 5.32 Å². The number of sulfonamides is 1. The summed E-state index contributed by atoms with van der Waals surface area (Å²) in [6, 6.07) is 7.12. The first-order chi connectivity index (χ1) is 9.86. The smallest absolute Gasteiger partial charge is 0.243 e. The molecule has 0 aromatic heterocycles. The Morgan fingerprint density at radius 1 is 1.33 bits per heavy atom. The van der Waals surface area contributed by atoms with Crippen molar-refractivity contribution in [3.63, 3.8) is 0 Å². The van der Waals surface area contributed by atoms with E-state index in [0.717, 1.165) is 5.56 Å². The molecule has 1 aliphatic rings.